The van der Waals surface area contributed by atoms with Gasteiger partial charge in [0.1, 0.15) is 5.58 Å². The number of carbonyl (C=O) groups is 2. The van der Waals surface area contributed by atoms with Crippen molar-refractivity contribution in [3.63, 3.8) is 0 Å². The molecule has 0 radical (unpaired) electrons. The lowest BCUT2D eigenvalue weighted by molar-refractivity contribution is 0.0693. The molecule has 5 heteroatoms. The molecule has 0 aliphatic carbocycles. The van der Waals surface area contributed by atoms with Crippen LogP contribution in [0.5, 0.6) is 0 Å². The highest BCUT2D eigenvalue weighted by Crippen LogP contribution is 2.32. The average Bonchev–Trinajstić information content (AvgIpc) is 3.07. The first-order chi connectivity index (χ1) is 10.2. The van der Waals surface area contributed by atoms with Crippen LogP contribution in [0.15, 0.2) is 34.7 Å². The Bertz CT molecular complexity index is 808. The Kier molecular flexibility index (Phi) is 3.10. The molecule has 2 aromatic heterocycles. The van der Waals surface area contributed by atoms with Crippen molar-refractivity contribution >= 4 is 23.2 Å². The molecule has 0 saturated heterocycles. The molecule has 21 heavy (non-hydrogen) atoms. The molecular weight excluding hydrogens is 270 g/mol. The fourth-order valence-electron chi connectivity index (χ4n) is 2.56. The van der Waals surface area contributed by atoms with Gasteiger partial charge in [-0.3, -0.25) is 4.79 Å². The summed E-state index contributed by atoms with van der Waals surface area (Å²) in [6, 6.07) is 9.35. The number of nitrogens with one attached hydrogen (secondary N) is 1. The average molecular weight is 283 g/mol. The molecule has 0 saturated carbocycles. The van der Waals surface area contributed by atoms with Crippen molar-refractivity contribution in [3.05, 3.63) is 47.2 Å². The Labute approximate surface area is 120 Å². The number of rotatable bonds is 4. The number of aromatic carboxylic acids is 1. The number of hydrogen-bond acceptors (Lipinski definition) is 3. The van der Waals surface area contributed by atoms with Crippen molar-refractivity contribution in [3.8, 4) is 11.5 Å². The van der Waals surface area contributed by atoms with Crippen LogP contribution in [0.2, 0.25) is 0 Å². The third-order valence-electron chi connectivity index (χ3n) is 3.49. The normalized spacial score (nSPS) is 10.9. The first-order valence-corrected chi connectivity index (χ1v) is 6.58. The molecule has 3 rings (SSSR count). The topological polar surface area (TPSA) is 83.3 Å². The number of benzene rings is 1. The second-order valence-corrected chi connectivity index (χ2v) is 4.69. The molecule has 0 bridgehead atoms. The molecule has 0 aliphatic rings. The molecule has 2 heterocycles. The van der Waals surface area contributed by atoms with Crippen LogP contribution in [0.1, 0.15) is 33.3 Å². The summed E-state index contributed by atoms with van der Waals surface area (Å²) in [4.78, 5) is 25.3. The lowest BCUT2D eigenvalue weighted by Crippen LogP contribution is -2.02. The van der Waals surface area contributed by atoms with Crippen LogP contribution in [-0.2, 0) is 6.42 Å². The summed E-state index contributed by atoms with van der Waals surface area (Å²) in [5.74, 6) is -0.587. The first kappa shape index (κ1) is 13.2. The van der Waals surface area contributed by atoms with E-state index < -0.39 is 5.97 Å². The van der Waals surface area contributed by atoms with E-state index in [1.165, 1.54) is 0 Å². The molecule has 2 N–H and O–H groups in total. The number of carbonyl (C=O) groups excluding carboxylic acids is 1. The van der Waals surface area contributed by atoms with Crippen molar-refractivity contribution in [1.82, 2.24) is 4.98 Å². The summed E-state index contributed by atoms with van der Waals surface area (Å²) in [7, 11) is 0. The minimum atomic E-state index is -1.12. The minimum absolute atomic E-state index is 0.0166. The zero-order valence-corrected chi connectivity index (χ0v) is 11.3. The van der Waals surface area contributed by atoms with Crippen LogP contribution in [0.4, 0.5) is 0 Å². The van der Waals surface area contributed by atoms with E-state index in [9.17, 15) is 14.7 Å². The predicted octanol–water partition coefficient (Wildman–Crippen LogP) is 3.50. The molecule has 0 unspecified atom stereocenters. The van der Waals surface area contributed by atoms with Crippen LogP contribution >= 0.6 is 0 Å². The van der Waals surface area contributed by atoms with E-state index in [2.05, 4.69) is 4.98 Å². The monoisotopic (exact) mass is 283 g/mol. The van der Waals surface area contributed by atoms with E-state index in [1.807, 2.05) is 37.3 Å². The van der Waals surface area contributed by atoms with E-state index in [1.54, 1.807) is 0 Å². The third kappa shape index (κ3) is 2.03. The SMILES string of the molecule is CCc1c(-c2cc3ccccc3o2)[nH]c(C=O)c1C(=O)O. The highest BCUT2D eigenvalue weighted by atomic mass is 16.4. The van der Waals surface area contributed by atoms with Gasteiger partial charge in [0.25, 0.3) is 0 Å². The maximum atomic E-state index is 11.4. The number of hydrogen-bond donors (Lipinski definition) is 2. The Morgan fingerprint density at radius 1 is 1.38 bits per heavy atom. The summed E-state index contributed by atoms with van der Waals surface area (Å²) >= 11 is 0. The van der Waals surface area contributed by atoms with Crippen molar-refractivity contribution in [2.75, 3.05) is 0 Å². The Hall–Kier alpha value is -2.82. The predicted molar refractivity (Wildman–Crippen MR) is 77.7 cm³/mol. The summed E-state index contributed by atoms with van der Waals surface area (Å²) in [6.45, 7) is 1.84. The third-order valence-corrected chi connectivity index (χ3v) is 3.49. The number of furan rings is 1. The maximum Gasteiger partial charge on any atom is 0.338 e. The number of H-pyrrole nitrogens is 1. The van der Waals surface area contributed by atoms with E-state index >= 15 is 0 Å². The lowest BCUT2D eigenvalue weighted by Gasteiger charge is -1.99. The number of carboxylic acid groups (broad SMARTS) is 1. The molecule has 0 aliphatic heterocycles. The summed E-state index contributed by atoms with van der Waals surface area (Å²) in [6.07, 6.45) is 1.01. The largest absolute Gasteiger partial charge is 0.478 e. The quantitative estimate of drug-likeness (QED) is 0.718. The van der Waals surface area contributed by atoms with Gasteiger partial charge in [-0.2, -0.15) is 0 Å². The molecule has 0 atom stereocenters. The van der Waals surface area contributed by atoms with E-state index in [0.717, 1.165) is 5.39 Å². The molecule has 5 nitrogen and oxygen atoms in total. The van der Waals surface area contributed by atoms with Crippen LogP contribution < -0.4 is 0 Å². The second kappa shape index (κ2) is 4.94. The van der Waals surface area contributed by atoms with Crippen LogP contribution in [0.3, 0.4) is 0 Å². The van der Waals surface area contributed by atoms with Gasteiger partial charge in [0.05, 0.1) is 17.0 Å². The van der Waals surface area contributed by atoms with Gasteiger partial charge < -0.3 is 14.5 Å². The van der Waals surface area contributed by atoms with E-state index in [-0.39, 0.29) is 11.3 Å². The van der Waals surface area contributed by atoms with Crippen LogP contribution in [0.25, 0.3) is 22.4 Å². The van der Waals surface area contributed by atoms with Gasteiger partial charge in [-0.25, -0.2) is 4.79 Å². The van der Waals surface area contributed by atoms with Crippen LogP contribution in [-0.4, -0.2) is 22.3 Å². The Morgan fingerprint density at radius 2 is 2.14 bits per heavy atom. The smallest absolute Gasteiger partial charge is 0.338 e. The zero-order chi connectivity index (χ0) is 15.0. The lowest BCUT2D eigenvalue weighted by atomic mass is 10.1. The fourth-order valence-corrected chi connectivity index (χ4v) is 2.56. The van der Waals surface area contributed by atoms with Gasteiger partial charge in [0.2, 0.25) is 0 Å². The molecule has 0 spiro atoms. The van der Waals surface area contributed by atoms with Gasteiger partial charge >= 0.3 is 5.97 Å². The Morgan fingerprint density at radius 3 is 2.76 bits per heavy atom. The van der Waals surface area contributed by atoms with Gasteiger partial charge in [0, 0.05) is 5.39 Å². The Balaban J connectivity index is 2.26. The van der Waals surface area contributed by atoms with Crippen molar-refractivity contribution in [1.29, 1.82) is 0 Å². The van der Waals surface area contributed by atoms with E-state index in [0.29, 0.717) is 35.3 Å². The minimum Gasteiger partial charge on any atom is -0.478 e. The van der Waals surface area contributed by atoms with Crippen molar-refractivity contribution in [2.45, 2.75) is 13.3 Å². The number of fused-ring (bicyclic) bond motifs is 1. The van der Waals surface area contributed by atoms with Crippen LogP contribution in [0, 0.1) is 0 Å². The summed E-state index contributed by atoms with van der Waals surface area (Å²) < 4.78 is 5.75. The molecule has 106 valence electrons. The molecule has 3 aromatic rings. The van der Waals surface area contributed by atoms with Gasteiger partial charge in [0.15, 0.2) is 12.0 Å². The molecule has 0 fully saturated rings. The molecule has 0 amide bonds. The second-order valence-electron chi connectivity index (χ2n) is 4.69. The van der Waals surface area contributed by atoms with Gasteiger partial charge in [-0.1, -0.05) is 25.1 Å². The highest BCUT2D eigenvalue weighted by molar-refractivity contribution is 6.00. The van der Waals surface area contributed by atoms with Gasteiger partial charge in [-0.05, 0) is 24.1 Å². The molecule has 1 aromatic carbocycles. The summed E-state index contributed by atoms with van der Waals surface area (Å²) in [5.41, 5.74) is 1.92. The number of carboxylic acids is 1. The number of aromatic nitrogens is 1. The fraction of sp³-hybridized carbons (Fsp3) is 0.125. The standard InChI is InChI=1S/C16H13NO4/c1-2-10-14(16(19)20)11(8-18)17-15(10)13-7-9-5-3-4-6-12(9)21-13/h3-8,17H,2H2,1H3,(H,19,20). The van der Waals surface area contributed by atoms with E-state index in [4.69, 9.17) is 4.42 Å². The first-order valence-electron chi connectivity index (χ1n) is 6.58. The summed E-state index contributed by atoms with van der Waals surface area (Å²) in [5, 5.41) is 10.2. The van der Waals surface area contributed by atoms with Gasteiger partial charge in [-0.15, -0.1) is 0 Å². The number of aldehydes is 1. The zero-order valence-electron chi connectivity index (χ0n) is 11.3. The number of para-hydroxylation sites is 1. The molecular formula is C16H13NO4. The number of aromatic amines is 1. The maximum absolute atomic E-state index is 11.4. The highest BCUT2D eigenvalue weighted by Gasteiger charge is 2.23. The van der Waals surface area contributed by atoms with Crippen molar-refractivity contribution in [2.24, 2.45) is 0 Å². The van der Waals surface area contributed by atoms with Crippen molar-refractivity contribution < 1.29 is 19.1 Å².